The van der Waals surface area contributed by atoms with Crippen LogP contribution in [0.5, 0.6) is 0 Å². The van der Waals surface area contributed by atoms with E-state index >= 15 is 0 Å². The molecule has 0 radical (unpaired) electrons. The topological polar surface area (TPSA) is 29.5 Å². The van der Waals surface area contributed by atoms with Gasteiger partial charge in [-0.2, -0.15) is 0 Å². The van der Waals surface area contributed by atoms with Gasteiger partial charge in [-0.3, -0.25) is 0 Å². The number of hydrogen-bond donors (Lipinski definition) is 1. The summed E-state index contributed by atoms with van der Waals surface area (Å²) in [5.74, 6) is 0.577. The SMILES string of the molecule is CCOP(O)(=S)SCc1ccccc1Cl. The van der Waals surface area contributed by atoms with Crippen LogP contribution in [0, 0.1) is 0 Å². The Morgan fingerprint density at radius 3 is 2.80 bits per heavy atom. The maximum atomic E-state index is 9.69. The summed E-state index contributed by atoms with van der Waals surface area (Å²) in [6, 6.07) is 7.51. The van der Waals surface area contributed by atoms with Crippen LogP contribution in [0.3, 0.4) is 0 Å². The lowest BCUT2D eigenvalue weighted by atomic mass is 10.2. The fraction of sp³-hybridized carbons (Fsp3) is 0.333. The number of benzene rings is 1. The lowest BCUT2D eigenvalue weighted by molar-refractivity contribution is 0.340. The van der Waals surface area contributed by atoms with E-state index in [1.807, 2.05) is 31.2 Å². The van der Waals surface area contributed by atoms with Crippen molar-refractivity contribution in [2.45, 2.75) is 12.7 Å². The number of halogens is 1. The Balaban J connectivity index is 2.58. The molecule has 84 valence electrons. The molecule has 0 aliphatic carbocycles. The molecule has 0 amide bonds. The fourth-order valence-corrected chi connectivity index (χ4v) is 4.44. The first-order valence-electron chi connectivity index (χ1n) is 4.40. The second-order valence-corrected chi connectivity index (χ2v) is 9.34. The van der Waals surface area contributed by atoms with E-state index in [0.717, 1.165) is 5.56 Å². The van der Waals surface area contributed by atoms with Crippen LogP contribution < -0.4 is 0 Å². The van der Waals surface area contributed by atoms with E-state index < -0.39 is 5.69 Å². The van der Waals surface area contributed by atoms with Crippen LogP contribution in [-0.4, -0.2) is 11.5 Å². The predicted molar refractivity (Wildman–Crippen MR) is 70.9 cm³/mol. The van der Waals surface area contributed by atoms with Crippen molar-refractivity contribution >= 4 is 40.5 Å². The summed E-state index contributed by atoms with van der Waals surface area (Å²) in [6.07, 6.45) is 0. The van der Waals surface area contributed by atoms with Crippen molar-refractivity contribution in [1.82, 2.24) is 0 Å². The highest BCUT2D eigenvalue weighted by Crippen LogP contribution is 2.57. The zero-order valence-corrected chi connectivity index (χ0v) is 11.5. The maximum absolute atomic E-state index is 9.69. The summed E-state index contributed by atoms with van der Waals surface area (Å²) in [4.78, 5) is 9.69. The molecule has 1 atom stereocenters. The predicted octanol–water partition coefficient (Wildman–Crippen LogP) is 3.83. The molecular weight excluding hydrogens is 271 g/mol. The summed E-state index contributed by atoms with van der Waals surface area (Å²) >= 11 is 12.2. The van der Waals surface area contributed by atoms with Gasteiger partial charge in [0.25, 0.3) is 0 Å². The van der Waals surface area contributed by atoms with Crippen LogP contribution >= 0.6 is 28.7 Å². The second kappa shape index (κ2) is 6.24. The van der Waals surface area contributed by atoms with Crippen molar-refractivity contribution in [3.63, 3.8) is 0 Å². The standard InChI is InChI=1S/C9H12ClO2PS2/c1-2-12-13(11,14)15-7-8-5-3-4-6-9(8)10/h3-6H,2,7H2,1H3,(H,11,14). The summed E-state index contributed by atoms with van der Waals surface area (Å²) < 4.78 is 5.09. The number of rotatable bonds is 5. The van der Waals surface area contributed by atoms with Gasteiger partial charge in [0.05, 0.1) is 6.61 Å². The zero-order valence-electron chi connectivity index (χ0n) is 8.22. The van der Waals surface area contributed by atoms with Gasteiger partial charge in [-0.1, -0.05) is 41.2 Å². The summed E-state index contributed by atoms with van der Waals surface area (Å²) in [5.41, 5.74) is -1.72. The van der Waals surface area contributed by atoms with Crippen molar-refractivity contribution in [2.24, 2.45) is 0 Å². The highest BCUT2D eigenvalue weighted by Gasteiger charge is 2.14. The van der Waals surface area contributed by atoms with Crippen molar-refractivity contribution in [2.75, 3.05) is 6.61 Å². The van der Waals surface area contributed by atoms with Crippen LogP contribution in [0.4, 0.5) is 0 Å². The molecule has 2 nitrogen and oxygen atoms in total. The molecule has 0 spiro atoms. The monoisotopic (exact) mass is 282 g/mol. The number of hydrogen-bond acceptors (Lipinski definition) is 3. The summed E-state index contributed by atoms with van der Waals surface area (Å²) in [5, 5.41) is 0.691. The molecule has 0 aliphatic rings. The Morgan fingerprint density at radius 2 is 2.20 bits per heavy atom. The summed E-state index contributed by atoms with van der Waals surface area (Å²) in [6.45, 7) is 2.25. The average Bonchev–Trinajstić information content (AvgIpc) is 2.16. The van der Waals surface area contributed by atoms with E-state index in [2.05, 4.69) is 0 Å². The molecule has 0 bridgehead atoms. The molecule has 15 heavy (non-hydrogen) atoms. The lowest BCUT2D eigenvalue weighted by Gasteiger charge is -2.13. The van der Waals surface area contributed by atoms with Gasteiger partial charge >= 0.3 is 0 Å². The van der Waals surface area contributed by atoms with E-state index in [9.17, 15) is 4.89 Å². The molecular formula is C9H12ClO2PS2. The highest BCUT2D eigenvalue weighted by atomic mass is 35.5. The maximum Gasteiger partial charge on any atom is 0.245 e. The molecule has 0 aromatic heterocycles. The molecule has 1 rings (SSSR count). The van der Waals surface area contributed by atoms with Crippen molar-refractivity contribution < 1.29 is 9.42 Å². The van der Waals surface area contributed by atoms with Crippen LogP contribution in [0.25, 0.3) is 0 Å². The van der Waals surface area contributed by atoms with E-state index in [4.69, 9.17) is 27.9 Å². The minimum atomic E-state index is -2.69. The Kier molecular flexibility index (Phi) is 5.61. The molecule has 0 aliphatic heterocycles. The Bertz CT molecular complexity index is 373. The van der Waals surface area contributed by atoms with Crippen molar-refractivity contribution in [3.05, 3.63) is 34.9 Å². The molecule has 0 fully saturated rings. The first-order chi connectivity index (χ1) is 7.05. The van der Waals surface area contributed by atoms with Crippen molar-refractivity contribution in [1.29, 1.82) is 0 Å². The van der Waals surface area contributed by atoms with Crippen LogP contribution in [0.2, 0.25) is 5.02 Å². The van der Waals surface area contributed by atoms with Gasteiger partial charge < -0.3 is 9.42 Å². The third-order valence-corrected chi connectivity index (χ3v) is 6.30. The van der Waals surface area contributed by atoms with Gasteiger partial charge in [0, 0.05) is 10.8 Å². The fourth-order valence-electron chi connectivity index (χ4n) is 0.967. The average molecular weight is 283 g/mol. The molecule has 1 N–H and O–H groups in total. The van der Waals surface area contributed by atoms with Crippen LogP contribution in [0.15, 0.2) is 24.3 Å². The van der Waals surface area contributed by atoms with Crippen molar-refractivity contribution in [3.8, 4) is 0 Å². The van der Waals surface area contributed by atoms with E-state index in [1.54, 1.807) is 0 Å². The van der Waals surface area contributed by atoms with E-state index in [1.165, 1.54) is 11.4 Å². The minimum absolute atomic E-state index is 0.434. The minimum Gasteiger partial charge on any atom is -0.337 e. The van der Waals surface area contributed by atoms with Gasteiger partial charge in [0.15, 0.2) is 0 Å². The van der Waals surface area contributed by atoms with Gasteiger partial charge in [-0.05, 0) is 30.4 Å². The smallest absolute Gasteiger partial charge is 0.245 e. The third kappa shape index (κ3) is 4.85. The highest BCUT2D eigenvalue weighted by molar-refractivity contribution is 8.67. The molecule has 1 aromatic rings. The molecule has 1 aromatic carbocycles. The zero-order chi connectivity index (χ0) is 11.3. The van der Waals surface area contributed by atoms with Crippen LogP contribution in [-0.2, 0) is 22.1 Å². The Labute approximate surface area is 104 Å². The molecule has 0 saturated carbocycles. The second-order valence-electron chi connectivity index (χ2n) is 2.75. The van der Waals surface area contributed by atoms with Crippen LogP contribution in [0.1, 0.15) is 12.5 Å². The normalized spacial score (nSPS) is 14.9. The lowest BCUT2D eigenvalue weighted by Crippen LogP contribution is -1.86. The van der Waals surface area contributed by atoms with Gasteiger partial charge in [0.2, 0.25) is 5.69 Å². The Hall–Kier alpha value is 0.430. The van der Waals surface area contributed by atoms with Gasteiger partial charge in [-0.25, -0.2) is 0 Å². The quantitative estimate of drug-likeness (QED) is 0.831. The molecule has 0 heterocycles. The third-order valence-electron chi connectivity index (χ3n) is 1.63. The largest absolute Gasteiger partial charge is 0.337 e. The molecule has 0 saturated heterocycles. The van der Waals surface area contributed by atoms with E-state index in [0.29, 0.717) is 17.4 Å². The van der Waals surface area contributed by atoms with Gasteiger partial charge in [0.1, 0.15) is 0 Å². The van der Waals surface area contributed by atoms with E-state index in [-0.39, 0.29) is 0 Å². The first-order valence-corrected chi connectivity index (χ1v) is 9.04. The van der Waals surface area contributed by atoms with Gasteiger partial charge in [-0.15, -0.1) is 0 Å². The first kappa shape index (κ1) is 13.5. The molecule has 6 heteroatoms. The molecule has 1 unspecified atom stereocenters. The Morgan fingerprint density at radius 1 is 1.53 bits per heavy atom. The summed E-state index contributed by atoms with van der Waals surface area (Å²) in [7, 11) is 0.